The van der Waals surface area contributed by atoms with Crippen molar-refractivity contribution in [2.24, 2.45) is 0 Å². The highest BCUT2D eigenvalue weighted by atomic mass is 19.2. The molecule has 0 aliphatic rings. The van der Waals surface area contributed by atoms with E-state index in [1.54, 1.807) is 17.0 Å². The minimum Gasteiger partial charge on any atom is -0.326 e. The summed E-state index contributed by atoms with van der Waals surface area (Å²) in [5.74, 6) is -1.81. The first-order valence-electron chi connectivity index (χ1n) is 8.04. The Morgan fingerprint density at radius 2 is 1.73 bits per heavy atom. The molecule has 0 N–H and O–H groups in total. The van der Waals surface area contributed by atoms with Gasteiger partial charge in [0.05, 0.1) is 29.0 Å². The lowest BCUT2D eigenvalue weighted by molar-refractivity contribution is 0.510. The Balaban J connectivity index is 1.76. The van der Waals surface area contributed by atoms with E-state index in [-0.39, 0.29) is 0 Å². The van der Waals surface area contributed by atoms with Gasteiger partial charge in [-0.15, -0.1) is 0 Å². The van der Waals surface area contributed by atoms with Crippen LogP contribution in [0.15, 0.2) is 67.0 Å². The van der Waals surface area contributed by atoms with Crippen LogP contribution in [-0.4, -0.2) is 9.55 Å². The minimum atomic E-state index is -0.910. The third-order valence-electron chi connectivity index (χ3n) is 4.31. The average Bonchev–Trinajstić information content (AvgIpc) is 3.04. The van der Waals surface area contributed by atoms with Crippen LogP contribution in [0.2, 0.25) is 0 Å². The maximum atomic E-state index is 13.6. The van der Waals surface area contributed by atoms with Crippen LogP contribution < -0.4 is 0 Å². The van der Waals surface area contributed by atoms with Crippen LogP contribution in [0, 0.1) is 23.0 Å². The summed E-state index contributed by atoms with van der Waals surface area (Å²) in [6.45, 7) is 0.438. The fourth-order valence-corrected chi connectivity index (χ4v) is 3.02. The fourth-order valence-electron chi connectivity index (χ4n) is 3.02. The van der Waals surface area contributed by atoms with Gasteiger partial charge < -0.3 is 4.57 Å². The van der Waals surface area contributed by atoms with Crippen molar-refractivity contribution >= 4 is 11.0 Å². The predicted octanol–water partition coefficient (Wildman–Crippen LogP) is 4.90. The van der Waals surface area contributed by atoms with E-state index in [0.717, 1.165) is 28.8 Å². The first kappa shape index (κ1) is 16.0. The first-order chi connectivity index (χ1) is 12.7. The Morgan fingerprint density at radius 1 is 0.962 bits per heavy atom. The number of imidazole rings is 1. The van der Waals surface area contributed by atoms with Gasteiger partial charge in [-0.3, -0.25) is 0 Å². The molecule has 0 spiro atoms. The monoisotopic (exact) mass is 345 g/mol. The van der Waals surface area contributed by atoms with Crippen molar-refractivity contribution in [1.29, 1.82) is 5.26 Å². The molecule has 0 fully saturated rings. The van der Waals surface area contributed by atoms with E-state index in [9.17, 15) is 14.0 Å². The molecule has 3 nitrogen and oxygen atoms in total. The zero-order chi connectivity index (χ0) is 18.1. The van der Waals surface area contributed by atoms with Gasteiger partial charge in [-0.05, 0) is 28.8 Å². The molecule has 26 heavy (non-hydrogen) atoms. The largest absolute Gasteiger partial charge is 0.326 e. The second-order valence-electron chi connectivity index (χ2n) is 5.99. The normalized spacial score (nSPS) is 10.8. The summed E-state index contributed by atoms with van der Waals surface area (Å²) in [6, 6.07) is 19.7. The highest BCUT2D eigenvalue weighted by molar-refractivity contribution is 5.76. The number of hydrogen-bond donors (Lipinski definition) is 0. The Bertz CT molecular complexity index is 1140. The van der Waals surface area contributed by atoms with Crippen molar-refractivity contribution in [3.63, 3.8) is 0 Å². The molecule has 0 atom stereocenters. The molecule has 0 bridgehead atoms. The summed E-state index contributed by atoms with van der Waals surface area (Å²) in [5, 5.41) is 9.38. The zero-order valence-electron chi connectivity index (χ0n) is 13.7. The van der Waals surface area contributed by atoms with Gasteiger partial charge in [0.15, 0.2) is 11.6 Å². The molecule has 0 radical (unpaired) electrons. The number of nitriles is 1. The van der Waals surface area contributed by atoms with Gasteiger partial charge in [-0.1, -0.05) is 36.4 Å². The number of halogens is 2. The van der Waals surface area contributed by atoms with Crippen molar-refractivity contribution in [2.75, 3.05) is 0 Å². The lowest BCUT2D eigenvalue weighted by Crippen LogP contribution is -1.99. The van der Waals surface area contributed by atoms with Crippen molar-refractivity contribution in [2.45, 2.75) is 6.54 Å². The molecular weight excluding hydrogens is 332 g/mol. The summed E-state index contributed by atoms with van der Waals surface area (Å²) in [6.07, 6.45) is 1.56. The average molecular weight is 345 g/mol. The van der Waals surface area contributed by atoms with Crippen LogP contribution in [0.3, 0.4) is 0 Å². The Hall–Kier alpha value is -3.52. The van der Waals surface area contributed by atoms with Crippen LogP contribution in [0.5, 0.6) is 0 Å². The number of aromatic nitrogens is 2. The molecule has 0 aliphatic heterocycles. The molecule has 4 aromatic rings. The first-order valence-corrected chi connectivity index (χ1v) is 8.04. The van der Waals surface area contributed by atoms with Crippen LogP contribution in [0.1, 0.15) is 11.1 Å². The van der Waals surface area contributed by atoms with Crippen LogP contribution >= 0.6 is 0 Å². The number of benzene rings is 3. The Kier molecular flexibility index (Phi) is 3.94. The van der Waals surface area contributed by atoms with E-state index < -0.39 is 11.6 Å². The zero-order valence-corrected chi connectivity index (χ0v) is 13.7. The van der Waals surface area contributed by atoms with E-state index in [1.165, 1.54) is 0 Å². The van der Waals surface area contributed by atoms with Gasteiger partial charge in [-0.25, -0.2) is 13.8 Å². The maximum absolute atomic E-state index is 13.6. The summed E-state index contributed by atoms with van der Waals surface area (Å²) >= 11 is 0. The third kappa shape index (κ3) is 2.82. The van der Waals surface area contributed by atoms with Gasteiger partial charge in [0, 0.05) is 18.7 Å². The molecule has 4 rings (SSSR count). The van der Waals surface area contributed by atoms with Crippen molar-refractivity contribution in [3.8, 4) is 17.2 Å². The van der Waals surface area contributed by atoms with Gasteiger partial charge in [0.2, 0.25) is 0 Å². The van der Waals surface area contributed by atoms with Crippen molar-refractivity contribution < 1.29 is 8.78 Å². The molecule has 5 heteroatoms. The quantitative estimate of drug-likeness (QED) is 0.530. The smallest absolute Gasteiger partial charge is 0.161 e. The number of hydrogen-bond acceptors (Lipinski definition) is 2. The summed E-state index contributed by atoms with van der Waals surface area (Å²) in [7, 11) is 0. The molecule has 0 saturated heterocycles. The molecule has 0 unspecified atom stereocenters. The fraction of sp³-hybridized carbons (Fsp3) is 0.0476. The SMILES string of the molecule is N#Cc1ccc(Cn2cnc3cc(F)c(F)cc32)cc1-c1ccccc1. The number of rotatable bonds is 3. The molecule has 0 amide bonds. The molecule has 0 aliphatic carbocycles. The van der Waals surface area contributed by atoms with E-state index in [0.29, 0.717) is 23.1 Å². The highest BCUT2D eigenvalue weighted by Gasteiger charge is 2.11. The van der Waals surface area contributed by atoms with Crippen LogP contribution in [0.4, 0.5) is 8.78 Å². The van der Waals surface area contributed by atoms with Gasteiger partial charge in [0.1, 0.15) is 0 Å². The molecule has 126 valence electrons. The van der Waals surface area contributed by atoms with Crippen molar-refractivity contribution in [3.05, 3.63) is 89.8 Å². The molecular formula is C21H13F2N3. The second-order valence-corrected chi connectivity index (χ2v) is 5.99. The summed E-state index contributed by atoms with van der Waals surface area (Å²) in [5.41, 5.74) is 4.24. The lowest BCUT2D eigenvalue weighted by atomic mass is 9.98. The second kappa shape index (κ2) is 6.41. The maximum Gasteiger partial charge on any atom is 0.161 e. The molecule has 3 aromatic carbocycles. The molecule has 1 heterocycles. The standard InChI is InChI=1S/C21H13F2N3/c22-18-9-20-21(10-19(18)23)26(13-25-20)12-14-6-7-16(11-24)17(8-14)15-4-2-1-3-5-15/h1-10,13H,12H2. The number of nitrogens with zero attached hydrogens (tertiary/aromatic N) is 3. The molecule has 1 aromatic heterocycles. The lowest BCUT2D eigenvalue weighted by Gasteiger charge is -2.09. The predicted molar refractivity (Wildman–Crippen MR) is 95.3 cm³/mol. The van der Waals surface area contributed by atoms with Crippen LogP contribution in [-0.2, 0) is 6.54 Å². The summed E-state index contributed by atoms with van der Waals surface area (Å²) in [4.78, 5) is 4.14. The van der Waals surface area contributed by atoms with Crippen molar-refractivity contribution in [1.82, 2.24) is 9.55 Å². The third-order valence-corrected chi connectivity index (χ3v) is 4.31. The van der Waals surface area contributed by atoms with E-state index in [2.05, 4.69) is 11.1 Å². The van der Waals surface area contributed by atoms with Gasteiger partial charge in [-0.2, -0.15) is 5.26 Å². The number of fused-ring (bicyclic) bond motifs is 1. The van der Waals surface area contributed by atoms with Gasteiger partial charge in [0.25, 0.3) is 0 Å². The van der Waals surface area contributed by atoms with E-state index in [1.807, 2.05) is 42.5 Å². The highest BCUT2D eigenvalue weighted by Crippen LogP contribution is 2.26. The van der Waals surface area contributed by atoms with E-state index in [4.69, 9.17) is 0 Å². The Labute approximate surface area is 148 Å². The topological polar surface area (TPSA) is 41.6 Å². The molecule has 0 saturated carbocycles. The van der Waals surface area contributed by atoms with E-state index >= 15 is 0 Å². The Morgan fingerprint density at radius 3 is 2.50 bits per heavy atom. The summed E-state index contributed by atoms with van der Waals surface area (Å²) < 4.78 is 28.7. The van der Waals surface area contributed by atoms with Gasteiger partial charge >= 0.3 is 0 Å². The van der Waals surface area contributed by atoms with Crippen LogP contribution in [0.25, 0.3) is 22.2 Å². The minimum absolute atomic E-state index is 0.404.